The fourth-order valence-electron chi connectivity index (χ4n) is 4.69. The minimum atomic E-state index is -0.255. The van der Waals surface area contributed by atoms with Gasteiger partial charge in [0.05, 0.1) is 11.8 Å². The Bertz CT molecular complexity index is 1230. The Hall–Kier alpha value is -3.10. The molecule has 1 aliphatic rings. The summed E-state index contributed by atoms with van der Waals surface area (Å²) in [5, 5.41) is 3.93. The van der Waals surface area contributed by atoms with Crippen LogP contribution in [0.5, 0.6) is 0 Å². The summed E-state index contributed by atoms with van der Waals surface area (Å²) in [6.45, 7) is 10.2. The number of hydrogen-bond acceptors (Lipinski definition) is 6. The van der Waals surface area contributed by atoms with Gasteiger partial charge in [-0.15, -0.1) is 0 Å². The maximum Gasteiger partial charge on any atom is 0.231 e. The van der Waals surface area contributed by atoms with Crippen molar-refractivity contribution >= 4 is 41.0 Å². The Morgan fingerprint density at radius 1 is 1.03 bits per heavy atom. The van der Waals surface area contributed by atoms with Crippen molar-refractivity contribution in [3.05, 3.63) is 83.0 Å². The lowest BCUT2D eigenvalue weighted by molar-refractivity contribution is -0.135. The number of anilines is 1. The van der Waals surface area contributed by atoms with Crippen molar-refractivity contribution < 1.29 is 9.59 Å². The number of halogens is 1. The lowest BCUT2D eigenvalue weighted by atomic mass is 9.91. The highest BCUT2D eigenvalue weighted by Crippen LogP contribution is 2.27. The standard InChI is InChI=1S/C30H36ClN5O2S/c1-21-19-35(15-16-36(21)27(38)18-30(2,3)4)25-17-24(31)32-29(33-25)39-20-26(37)34-28(22-11-7-5-8-12-22)23-13-9-6-10-14-23/h5-14,17,21,28H,15-16,18-20H2,1-4H3,(H,34,37). The zero-order chi connectivity index (χ0) is 28.0. The number of thioether (sulfide) groups is 1. The van der Waals surface area contributed by atoms with Crippen molar-refractivity contribution in [2.24, 2.45) is 5.41 Å². The molecule has 39 heavy (non-hydrogen) atoms. The van der Waals surface area contributed by atoms with Gasteiger partial charge in [-0.05, 0) is 23.5 Å². The van der Waals surface area contributed by atoms with Crippen LogP contribution in [0.15, 0.2) is 71.9 Å². The summed E-state index contributed by atoms with van der Waals surface area (Å²) in [5.74, 6) is 0.921. The molecule has 0 radical (unpaired) electrons. The molecule has 1 N–H and O–H groups in total. The molecule has 7 nitrogen and oxygen atoms in total. The van der Waals surface area contributed by atoms with Crippen molar-refractivity contribution in [1.29, 1.82) is 0 Å². The summed E-state index contributed by atoms with van der Waals surface area (Å²) in [6.07, 6.45) is 0.523. The fourth-order valence-corrected chi connectivity index (χ4v) is 5.58. The van der Waals surface area contributed by atoms with Crippen LogP contribution in [-0.2, 0) is 9.59 Å². The van der Waals surface area contributed by atoms with Crippen LogP contribution in [-0.4, -0.2) is 58.1 Å². The fraction of sp³-hybridized carbons (Fsp3) is 0.400. The van der Waals surface area contributed by atoms with Gasteiger partial charge in [0.15, 0.2) is 5.16 Å². The topological polar surface area (TPSA) is 78.4 Å². The quantitative estimate of drug-likeness (QED) is 0.217. The first-order chi connectivity index (χ1) is 18.6. The van der Waals surface area contributed by atoms with Crippen molar-refractivity contribution in [3.63, 3.8) is 0 Å². The second kappa shape index (κ2) is 12.8. The number of carbonyl (C=O) groups excluding carboxylic acids is 2. The Labute approximate surface area is 240 Å². The Balaban J connectivity index is 1.39. The molecule has 1 saturated heterocycles. The van der Waals surface area contributed by atoms with Gasteiger partial charge in [0, 0.05) is 38.2 Å². The van der Waals surface area contributed by atoms with Gasteiger partial charge in [-0.1, -0.05) is 105 Å². The number of amides is 2. The summed E-state index contributed by atoms with van der Waals surface area (Å²) in [7, 11) is 0. The van der Waals surface area contributed by atoms with Gasteiger partial charge in [-0.2, -0.15) is 0 Å². The summed E-state index contributed by atoms with van der Waals surface area (Å²) in [5.41, 5.74) is 1.98. The molecule has 0 saturated carbocycles. The molecule has 1 fully saturated rings. The first kappa shape index (κ1) is 28.9. The third-order valence-electron chi connectivity index (χ3n) is 6.52. The second-order valence-corrected chi connectivity index (χ2v) is 12.4. The molecule has 0 bridgehead atoms. The number of aromatic nitrogens is 2. The van der Waals surface area contributed by atoms with E-state index in [1.165, 1.54) is 11.8 Å². The molecule has 1 atom stereocenters. The van der Waals surface area contributed by atoms with E-state index >= 15 is 0 Å². The second-order valence-electron chi connectivity index (χ2n) is 11.1. The van der Waals surface area contributed by atoms with E-state index in [1.807, 2.05) is 65.6 Å². The number of nitrogens with zero attached hydrogens (tertiary/aromatic N) is 4. The van der Waals surface area contributed by atoms with Gasteiger partial charge in [0.2, 0.25) is 11.8 Å². The monoisotopic (exact) mass is 565 g/mol. The van der Waals surface area contributed by atoms with E-state index in [2.05, 4.69) is 42.9 Å². The predicted octanol–water partition coefficient (Wildman–Crippen LogP) is 5.60. The average molecular weight is 566 g/mol. The van der Waals surface area contributed by atoms with Crippen LogP contribution in [0.25, 0.3) is 0 Å². The van der Waals surface area contributed by atoms with Crippen LogP contribution >= 0.6 is 23.4 Å². The van der Waals surface area contributed by atoms with Gasteiger partial charge < -0.3 is 15.1 Å². The Morgan fingerprint density at radius 3 is 2.21 bits per heavy atom. The highest BCUT2D eigenvalue weighted by atomic mass is 35.5. The average Bonchev–Trinajstić information content (AvgIpc) is 2.90. The van der Waals surface area contributed by atoms with Gasteiger partial charge in [-0.25, -0.2) is 9.97 Å². The highest BCUT2D eigenvalue weighted by molar-refractivity contribution is 7.99. The van der Waals surface area contributed by atoms with Crippen molar-refractivity contribution in [3.8, 4) is 0 Å². The Kier molecular flexibility index (Phi) is 9.51. The number of piperazine rings is 1. The molecule has 9 heteroatoms. The van der Waals surface area contributed by atoms with Crippen LogP contribution in [0, 0.1) is 5.41 Å². The molecule has 1 aromatic heterocycles. The maximum atomic E-state index is 13.0. The molecule has 2 heterocycles. The lowest BCUT2D eigenvalue weighted by Crippen LogP contribution is -2.54. The molecule has 0 aliphatic carbocycles. The molecule has 4 rings (SSSR count). The van der Waals surface area contributed by atoms with Gasteiger partial charge in [0.25, 0.3) is 0 Å². The minimum Gasteiger partial charge on any atom is -0.353 e. The smallest absolute Gasteiger partial charge is 0.231 e. The zero-order valence-electron chi connectivity index (χ0n) is 22.9. The van der Waals surface area contributed by atoms with Gasteiger partial charge in [-0.3, -0.25) is 9.59 Å². The summed E-state index contributed by atoms with van der Waals surface area (Å²) >= 11 is 7.62. The Morgan fingerprint density at radius 2 is 1.64 bits per heavy atom. The van der Waals surface area contributed by atoms with E-state index in [-0.39, 0.29) is 35.1 Å². The van der Waals surface area contributed by atoms with Crippen LogP contribution < -0.4 is 10.2 Å². The van der Waals surface area contributed by atoms with Crippen molar-refractivity contribution in [2.45, 2.75) is 51.4 Å². The lowest BCUT2D eigenvalue weighted by Gasteiger charge is -2.41. The summed E-state index contributed by atoms with van der Waals surface area (Å²) < 4.78 is 0. The molecule has 3 aromatic rings. The van der Waals surface area contributed by atoms with E-state index in [0.29, 0.717) is 42.2 Å². The number of carbonyl (C=O) groups is 2. The van der Waals surface area contributed by atoms with E-state index < -0.39 is 0 Å². The normalized spacial score (nSPS) is 15.9. The summed E-state index contributed by atoms with van der Waals surface area (Å²) in [6, 6.07) is 21.4. The number of benzene rings is 2. The molecule has 0 spiro atoms. The predicted molar refractivity (Wildman–Crippen MR) is 158 cm³/mol. The summed E-state index contributed by atoms with van der Waals surface area (Å²) in [4.78, 5) is 39.0. The highest BCUT2D eigenvalue weighted by Gasteiger charge is 2.30. The molecular formula is C30H36ClN5O2S. The van der Waals surface area contributed by atoms with Crippen molar-refractivity contribution in [1.82, 2.24) is 20.2 Å². The molecule has 2 amide bonds. The number of hydrogen-bond donors (Lipinski definition) is 1. The zero-order valence-corrected chi connectivity index (χ0v) is 24.5. The third kappa shape index (κ3) is 8.19. The van der Waals surface area contributed by atoms with E-state index in [4.69, 9.17) is 16.6 Å². The third-order valence-corrected chi connectivity index (χ3v) is 7.56. The largest absolute Gasteiger partial charge is 0.353 e. The molecule has 2 aromatic carbocycles. The molecule has 206 valence electrons. The van der Waals surface area contributed by atoms with Crippen LogP contribution in [0.3, 0.4) is 0 Å². The number of rotatable bonds is 8. The van der Waals surface area contributed by atoms with E-state index in [0.717, 1.165) is 11.1 Å². The first-order valence-electron chi connectivity index (χ1n) is 13.2. The van der Waals surface area contributed by atoms with Crippen LogP contribution in [0.4, 0.5) is 5.82 Å². The number of nitrogens with one attached hydrogen (secondary N) is 1. The minimum absolute atomic E-state index is 0.0469. The van der Waals surface area contributed by atoms with Gasteiger partial charge >= 0.3 is 0 Å². The first-order valence-corrected chi connectivity index (χ1v) is 14.6. The molecule has 1 unspecified atom stereocenters. The van der Waals surface area contributed by atoms with Gasteiger partial charge in [0.1, 0.15) is 11.0 Å². The van der Waals surface area contributed by atoms with Crippen molar-refractivity contribution in [2.75, 3.05) is 30.3 Å². The maximum absolute atomic E-state index is 13.0. The van der Waals surface area contributed by atoms with Crippen LogP contribution in [0.1, 0.15) is 51.3 Å². The van der Waals surface area contributed by atoms with E-state index in [9.17, 15) is 9.59 Å². The van der Waals surface area contributed by atoms with E-state index in [1.54, 1.807) is 6.07 Å². The SMILES string of the molecule is CC1CN(c2cc(Cl)nc(SCC(=O)NC(c3ccccc3)c3ccccc3)n2)CCN1C(=O)CC(C)(C)C. The molecule has 1 aliphatic heterocycles. The van der Waals surface area contributed by atoms with Crippen LogP contribution in [0.2, 0.25) is 5.15 Å². The molecular weight excluding hydrogens is 530 g/mol.